The van der Waals surface area contributed by atoms with E-state index in [0.29, 0.717) is 5.92 Å². The molecule has 1 rings (SSSR count). The number of hydrogen-bond donors (Lipinski definition) is 1. The summed E-state index contributed by atoms with van der Waals surface area (Å²) in [5.74, 6) is 3.10. The van der Waals surface area contributed by atoms with Gasteiger partial charge < -0.3 is 5.73 Å². The summed E-state index contributed by atoms with van der Waals surface area (Å²) in [5, 5.41) is 0. The molecule has 1 aliphatic carbocycles. The van der Waals surface area contributed by atoms with Crippen LogP contribution in [0.2, 0.25) is 0 Å². The minimum Gasteiger partial charge on any atom is -0.325 e. The third-order valence-corrected chi connectivity index (χ3v) is 4.73. The molecule has 4 unspecified atom stereocenters. The first kappa shape index (κ1) is 13.0. The van der Waals surface area contributed by atoms with E-state index in [1.807, 2.05) is 0 Å². The van der Waals surface area contributed by atoms with Crippen molar-refractivity contribution in [2.45, 2.75) is 65.8 Å². The molecule has 1 nitrogen and oxygen atoms in total. The molecule has 0 bridgehead atoms. The molecule has 15 heavy (non-hydrogen) atoms. The van der Waals surface area contributed by atoms with Gasteiger partial charge in [0.25, 0.3) is 0 Å². The minimum atomic E-state index is 0.0394. The molecule has 0 aromatic rings. The molecule has 0 heterocycles. The highest BCUT2D eigenvalue weighted by Crippen LogP contribution is 2.40. The lowest BCUT2D eigenvalue weighted by Gasteiger charge is -2.44. The van der Waals surface area contributed by atoms with Crippen LogP contribution in [0.25, 0.3) is 0 Å². The lowest BCUT2D eigenvalue weighted by molar-refractivity contribution is 0.106. The maximum atomic E-state index is 6.57. The summed E-state index contributed by atoms with van der Waals surface area (Å²) < 4.78 is 0. The molecule has 1 heteroatoms. The van der Waals surface area contributed by atoms with Crippen LogP contribution in [0.15, 0.2) is 0 Å². The molecule has 0 aliphatic heterocycles. The van der Waals surface area contributed by atoms with E-state index in [-0.39, 0.29) is 5.54 Å². The maximum Gasteiger partial charge on any atom is 0.0180 e. The van der Waals surface area contributed by atoms with Gasteiger partial charge in [-0.1, -0.05) is 34.1 Å². The molecule has 0 saturated heterocycles. The zero-order valence-corrected chi connectivity index (χ0v) is 11.2. The first-order valence-corrected chi connectivity index (χ1v) is 6.66. The lowest BCUT2D eigenvalue weighted by atomic mass is 9.65. The van der Waals surface area contributed by atoms with Crippen LogP contribution in [0.1, 0.15) is 60.3 Å². The van der Waals surface area contributed by atoms with Gasteiger partial charge in [0.15, 0.2) is 0 Å². The molecule has 0 amide bonds. The fourth-order valence-corrected chi connectivity index (χ4v) is 3.30. The average molecular weight is 211 g/mol. The van der Waals surface area contributed by atoms with Crippen molar-refractivity contribution in [1.82, 2.24) is 0 Å². The van der Waals surface area contributed by atoms with Crippen LogP contribution in [0.4, 0.5) is 0 Å². The Balaban J connectivity index is 2.69. The van der Waals surface area contributed by atoms with E-state index in [2.05, 4.69) is 34.6 Å². The largest absolute Gasteiger partial charge is 0.325 e. The number of hydrogen-bond acceptors (Lipinski definition) is 1. The summed E-state index contributed by atoms with van der Waals surface area (Å²) in [6.45, 7) is 11.6. The topological polar surface area (TPSA) is 26.0 Å². The summed E-state index contributed by atoms with van der Waals surface area (Å²) in [5.41, 5.74) is 6.61. The average Bonchev–Trinajstić information content (AvgIpc) is 2.15. The van der Waals surface area contributed by atoms with Crippen molar-refractivity contribution in [2.75, 3.05) is 0 Å². The number of rotatable bonds is 3. The van der Waals surface area contributed by atoms with E-state index in [1.54, 1.807) is 0 Å². The van der Waals surface area contributed by atoms with Crippen LogP contribution in [0.5, 0.6) is 0 Å². The molecule has 1 aliphatic rings. The van der Waals surface area contributed by atoms with Crippen LogP contribution in [-0.2, 0) is 0 Å². The van der Waals surface area contributed by atoms with Crippen LogP contribution in [-0.4, -0.2) is 5.54 Å². The fourth-order valence-electron chi connectivity index (χ4n) is 3.30. The van der Waals surface area contributed by atoms with Crippen molar-refractivity contribution in [3.05, 3.63) is 0 Å². The Bertz CT molecular complexity index is 188. The number of nitrogens with two attached hydrogens (primary N) is 1. The Hall–Kier alpha value is -0.0400. The Kier molecular flexibility index (Phi) is 4.22. The van der Waals surface area contributed by atoms with Gasteiger partial charge in [0.05, 0.1) is 0 Å². The highest BCUT2D eigenvalue weighted by atomic mass is 14.8. The first-order chi connectivity index (χ1) is 6.87. The second-order valence-corrected chi connectivity index (χ2v) is 6.29. The van der Waals surface area contributed by atoms with Gasteiger partial charge in [0, 0.05) is 5.54 Å². The molecule has 1 fully saturated rings. The second-order valence-electron chi connectivity index (χ2n) is 6.29. The van der Waals surface area contributed by atoms with Gasteiger partial charge >= 0.3 is 0 Å². The normalized spacial score (nSPS) is 38.4. The van der Waals surface area contributed by atoms with Gasteiger partial charge in [-0.15, -0.1) is 0 Å². The molecule has 90 valence electrons. The van der Waals surface area contributed by atoms with Gasteiger partial charge in [-0.2, -0.15) is 0 Å². The second kappa shape index (κ2) is 4.86. The molecule has 1 saturated carbocycles. The predicted octanol–water partition coefficient (Wildman–Crippen LogP) is 3.82. The lowest BCUT2D eigenvalue weighted by Crippen LogP contribution is -2.51. The fraction of sp³-hybridized carbons (Fsp3) is 1.00. The third kappa shape index (κ3) is 2.96. The summed E-state index contributed by atoms with van der Waals surface area (Å²) >= 11 is 0. The molecule has 0 radical (unpaired) electrons. The zero-order valence-electron chi connectivity index (χ0n) is 11.2. The quantitative estimate of drug-likeness (QED) is 0.754. The zero-order chi connectivity index (χ0) is 11.6. The van der Waals surface area contributed by atoms with E-state index in [9.17, 15) is 0 Å². The third-order valence-electron chi connectivity index (χ3n) is 4.73. The summed E-state index contributed by atoms with van der Waals surface area (Å²) in [4.78, 5) is 0. The molecule has 2 N–H and O–H groups in total. The van der Waals surface area contributed by atoms with Gasteiger partial charge in [-0.25, -0.2) is 0 Å². The van der Waals surface area contributed by atoms with Crippen LogP contribution >= 0.6 is 0 Å². The molecule has 4 atom stereocenters. The van der Waals surface area contributed by atoms with Gasteiger partial charge in [-0.05, 0) is 49.9 Å². The van der Waals surface area contributed by atoms with Crippen molar-refractivity contribution in [1.29, 1.82) is 0 Å². The van der Waals surface area contributed by atoms with Gasteiger partial charge in [0.1, 0.15) is 0 Å². The van der Waals surface area contributed by atoms with E-state index in [4.69, 9.17) is 5.73 Å². The Morgan fingerprint density at radius 3 is 2.07 bits per heavy atom. The van der Waals surface area contributed by atoms with Crippen molar-refractivity contribution in [3.63, 3.8) is 0 Å². The minimum absolute atomic E-state index is 0.0394. The molecular formula is C14H29N. The van der Waals surface area contributed by atoms with Crippen molar-refractivity contribution in [3.8, 4) is 0 Å². The van der Waals surface area contributed by atoms with E-state index in [1.165, 1.54) is 25.7 Å². The predicted molar refractivity (Wildman–Crippen MR) is 67.7 cm³/mol. The van der Waals surface area contributed by atoms with Crippen molar-refractivity contribution < 1.29 is 0 Å². The SMILES string of the molecule is CCC(C)C(C)(N)C1CC(C)CC(C)C1. The van der Waals surface area contributed by atoms with Crippen LogP contribution < -0.4 is 5.73 Å². The monoisotopic (exact) mass is 211 g/mol. The maximum absolute atomic E-state index is 6.57. The first-order valence-electron chi connectivity index (χ1n) is 6.66. The van der Waals surface area contributed by atoms with Crippen molar-refractivity contribution >= 4 is 0 Å². The summed E-state index contributed by atoms with van der Waals surface area (Å²) in [7, 11) is 0. The van der Waals surface area contributed by atoms with E-state index < -0.39 is 0 Å². The molecule has 0 aromatic heterocycles. The van der Waals surface area contributed by atoms with E-state index in [0.717, 1.165) is 17.8 Å². The van der Waals surface area contributed by atoms with Crippen LogP contribution in [0, 0.1) is 23.7 Å². The summed E-state index contributed by atoms with van der Waals surface area (Å²) in [6.07, 6.45) is 5.27. The molecule has 0 spiro atoms. The van der Waals surface area contributed by atoms with Crippen molar-refractivity contribution in [2.24, 2.45) is 29.4 Å². The molecule has 0 aromatic carbocycles. The smallest absolute Gasteiger partial charge is 0.0180 e. The highest BCUT2D eigenvalue weighted by molar-refractivity contribution is 4.94. The standard InChI is InChI=1S/C14H29N/c1-6-12(4)14(5,15)13-8-10(2)7-11(3)9-13/h10-13H,6-9,15H2,1-5H3. The van der Waals surface area contributed by atoms with Crippen LogP contribution in [0.3, 0.4) is 0 Å². The highest BCUT2D eigenvalue weighted by Gasteiger charge is 2.38. The summed E-state index contributed by atoms with van der Waals surface area (Å²) in [6, 6.07) is 0. The van der Waals surface area contributed by atoms with E-state index >= 15 is 0 Å². The Morgan fingerprint density at radius 1 is 1.20 bits per heavy atom. The van der Waals surface area contributed by atoms with Gasteiger partial charge in [0.2, 0.25) is 0 Å². The Labute approximate surface area is 95.8 Å². The Morgan fingerprint density at radius 2 is 1.67 bits per heavy atom. The molecular weight excluding hydrogens is 182 g/mol. The van der Waals surface area contributed by atoms with Gasteiger partial charge in [-0.3, -0.25) is 0 Å².